The number of hydrogen-bond acceptors (Lipinski definition) is 6. The van der Waals surface area contributed by atoms with Gasteiger partial charge in [0, 0.05) is 0 Å². The van der Waals surface area contributed by atoms with Gasteiger partial charge in [-0.1, -0.05) is 29.5 Å². The molecule has 0 saturated heterocycles. The van der Waals surface area contributed by atoms with E-state index in [4.69, 9.17) is 5.14 Å². The molecule has 0 unspecified atom stereocenters. The van der Waals surface area contributed by atoms with Gasteiger partial charge in [0.05, 0.1) is 11.1 Å². The first-order valence-corrected chi connectivity index (χ1v) is 8.45. The van der Waals surface area contributed by atoms with Gasteiger partial charge in [-0.05, 0) is 12.1 Å². The smallest absolute Gasteiger partial charge is 0.232 e. The Bertz CT molecular complexity index is 763. The van der Waals surface area contributed by atoms with Crippen molar-refractivity contribution in [2.24, 2.45) is 5.14 Å². The lowest BCUT2D eigenvalue weighted by Crippen LogP contribution is -2.09. The van der Waals surface area contributed by atoms with Crippen LogP contribution in [-0.4, -0.2) is 21.8 Å². The molecule has 2 aromatic rings. The van der Waals surface area contributed by atoms with Crippen LogP contribution in [0.15, 0.2) is 50.0 Å². The quantitative estimate of drug-likeness (QED) is 0.894. The van der Waals surface area contributed by atoms with Crippen LogP contribution >= 0.6 is 11.3 Å². The Kier molecular flexibility index (Phi) is 3.23. The van der Waals surface area contributed by atoms with Gasteiger partial charge in [0.2, 0.25) is 24.2 Å². The van der Waals surface area contributed by atoms with E-state index in [0.29, 0.717) is 11.3 Å². The van der Waals surface area contributed by atoms with Gasteiger partial charge in [-0.15, -0.1) is 0 Å². The minimum absolute atomic E-state index is 0.0559. The van der Waals surface area contributed by atoms with E-state index >= 15 is 0 Å². The molecule has 2 N–H and O–H groups in total. The zero-order chi connectivity index (χ0) is 13.4. The van der Waals surface area contributed by atoms with Crippen LogP contribution < -0.4 is 5.14 Å². The molecular formula is C9H8N2O4S3. The first-order chi connectivity index (χ1) is 8.32. The van der Waals surface area contributed by atoms with Crippen molar-refractivity contribution in [2.45, 2.75) is 13.4 Å². The Hall–Kier alpha value is -1.29. The predicted molar refractivity (Wildman–Crippen MR) is 65.4 cm³/mol. The van der Waals surface area contributed by atoms with Crippen LogP contribution in [0.1, 0.15) is 0 Å². The van der Waals surface area contributed by atoms with Crippen molar-refractivity contribution in [3.63, 3.8) is 0 Å². The molecule has 0 spiro atoms. The molecule has 0 aliphatic heterocycles. The second kappa shape index (κ2) is 4.43. The van der Waals surface area contributed by atoms with Gasteiger partial charge in [-0.25, -0.2) is 27.0 Å². The minimum atomic E-state index is -3.93. The Balaban J connectivity index is 2.54. The number of primary sulfonamides is 1. The zero-order valence-corrected chi connectivity index (χ0v) is 11.3. The van der Waals surface area contributed by atoms with Crippen molar-refractivity contribution in [3.8, 4) is 0 Å². The number of sulfone groups is 1. The van der Waals surface area contributed by atoms with Crippen molar-refractivity contribution in [2.75, 3.05) is 0 Å². The van der Waals surface area contributed by atoms with Crippen LogP contribution in [0, 0.1) is 0 Å². The highest BCUT2D eigenvalue weighted by Crippen LogP contribution is 2.26. The lowest BCUT2D eigenvalue weighted by Gasteiger charge is -1.98. The molecular weight excluding hydrogens is 296 g/mol. The van der Waals surface area contributed by atoms with Crippen molar-refractivity contribution >= 4 is 31.2 Å². The molecule has 18 heavy (non-hydrogen) atoms. The maximum atomic E-state index is 12.1. The Morgan fingerprint density at radius 2 is 1.67 bits per heavy atom. The van der Waals surface area contributed by atoms with Gasteiger partial charge >= 0.3 is 0 Å². The SMILES string of the molecule is NS(=O)(=O)c1cnc(S(=O)(=O)c2ccccc2)s1. The Morgan fingerprint density at radius 1 is 1.06 bits per heavy atom. The summed E-state index contributed by atoms with van der Waals surface area (Å²) < 4.78 is 45.7. The van der Waals surface area contributed by atoms with E-state index in [1.165, 1.54) is 12.1 Å². The number of aromatic nitrogens is 1. The van der Waals surface area contributed by atoms with E-state index in [2.05, 4.69) is 4.98 Å². The lowest BCUT2D eigenvalue weighted by atomic mass is 10.4. The normalized spacial score (nSPS) is 12.5. The monoisotopic (exact) mass is 304 g/mol. The first kappa shape index (κ1) is 13.1. The largest absolute Gasteiger partial charge is 0.249 e. The van der Waals surface area contributed by atoms with E-state index in [9.17, 15) is 16.8 Å². The highest BCUT2D eigenvalue weighted by Gasteiger charge is 2.24. The van der Waals surface area contributed by atoms with Crippen LogP contribution in [0.25, 0.3) is 0 Å². The standard InChI is InChI=1S/C9H8N2O4S3/c10-18(14,15)8-6-11-9(16-8)17(12,13)7-4-2-1-3-5-7/h1-6H,(H2,10,14,15). The van der Waals surface area contributed by atoms with E-state index in [1.807, 2.05) is 0 Å². The second-order valence-electron chi connectivity index (χ2n) is 3.31. The molecule has 1 aromatic heterocycles. The summed E-state index contributed by atoms with van der Waals surface area (Å²) in [7, 11) is -7.72. The summed E-state index contributed by atoms with van der Waals surface area (Å²) in [6.07, 6.45) is 0.940. The third-order valence-corrected chi connectivity index (χ3v) is 6.59. The molecule has 0 bridgehead atoms. The fourth-order valence-corrected chi connectivity index (χ4v) is 4.55. The predicted octanol–water partition coefficient (Wildman–Crippen LogP) is 0.623. The number of benzene rings is 1. The fraction of sp³-hybridized carbons (Fsp3) is 0. The average molecular weight is 304 g/mol. The number of rotatable bonds is 3. The van der Waals surface area contributed by atoms with Gasteiger partial charge in [0.25, 0.3) is 0 Å². The number of hydrogen-bond donors (Lipinski definition) is 1. The van der Waals surface area contributed by atoms with Gasteiger partial charge in [0.15, 0.2) is 4.21 Å². The molecule has 6 nitrogen and oxygen atoms in total. The number of nitrogens with two attached hydrogens (primary N) is 1. The zero-order valence-electron chi connectivity index (χ0n) is 8.85. The van der Waals surface area contributed by atoms with E-state index in [0.717, 1.165) is 6.20 Å². The number of nitrogens with zero attached hydrogens (tertiary/aromatic N) is 1. The lowest BCUT2D eigenvalue weighted by molar-refractivity contribution is 0.594. The Labute approximate surface area is 108 Å². The summed E-state index contributed by atoms with van der Waals surface area (Å²) in [5, 5.41) is 4.90. The molecule has 0 fully saturated rings. The molecule has 1 aromatic carbocycles. The summed E-state index contributed by atoms with van der Waals surface area (Å²) in [4.78, 5) is 3.66. The first-order valence-electron chi connectivity index (χ1n) is 4.60. The average Bonchev–Trinajstić information content (AvgIpc) is 2.79. The molecule has 0 radical (unpaired) electrons. The van der Waals surface area contributed by atoms with Gasteiger partial charge in [-0.2, -0.15) is 0 Å². The molecule has 0 saturated carbocycles. The van der Waals surface area contributed by atoms with E-state index in [1.54, 1.807) is 18.2 Å². The molecule has 0 amide bonds. The van der Waals surface area contributed by atoms with Crippen LogP contribution in [0.5, 0.6) is 0 Å². The maximum absolute atomic E-state index is 12.1. The molecule has 0 atom stereocenters. The second-order valence-corrected chi connectivity index (χ2v) is 8.25. The third kappa shape index (κ3) is 2.43. The highest BCUT2D eigenvalue weighted by molar-refractivity contribution is 7.95. The molecule has 2 rings (SSSR count). The fourth-order valence-electron chi connectivity index (χ4n) is 1.20. The van der Waals surface area contributed by atoms with Crippen molar-refractivity contribution in [3.05, 3.63) is 36.5 Å². The topological polar surface area (TPSA) is 107 Å². The van der Waals surface area contributed by atoms with Crippen LogP contribution in [0.2, 0.25) is 0 Å². The van der Waals surface area contributed by atoms with Crippen LogP contribution in [-0.2, 0) is 19.9 Å². The molecule has 96 valence electrons. The summed E-state index contributed by atoms with van der Waals surface area (Å²) >= 11 is 0.530. The van der Waals surface area contributed by atoms with Crippen molar-refractivity contribution in [1.29, 1.82) is 0 Å². The van der Waals surface area contributed by atoms with Gasteiger partial charge < -0.3 is 0 Å². The summed E-state index contributed by atoms with van der Waals surface area (Å²) in [6, 6.07) is 7.64. The summed E-state index contributed by atoms with van der Waals surface area (Å²) in [5.74, 6) is 0. The summed E-state index contributed by atoms with van der Waals surface area (Å²) in [5.41, 5.74) is 0. The van der Waals surface area contributed by atoms with Gasteiger partial charge in [-0.3, -0.25) is 0 Å². The number of sulfonamides is 1. The Morgan fingerprint density at radius 3 is 2.17 bits per heavy atom. The molecule has 0 aliphatic rings. The van der Waals surface area contributed by atoms with E-state index < -0.39 is 19.9 Å². The highest BCUT2D eigenvalue weighted by atomic mass is 32.3. The van der Waals surface area contributed by atoms with Gasteiger partial charge in [0.1, 0.15) is 0 Å². The van der Waals surface area contributed by atoms with Crippen LogP contribution in [0.3, 0.4) is 0 Å². The molecule has 1 heterocycles. The summed E-state index contributed by atoms with van der Waals surface area (Å²) in [6.45, 7) is 0. The van der Waals surface area contributed by atoms with Crippen LogP contribution in [0.4, 0.5) is 0 Å². The third-order valence-electron chi connectivity index (χ3n) is 2.03. The minimum Gasteiger partial charge on any atom is -0.232 e. The molecule has 0 aliphatic carbocycles. The maximum Gasteiger partial charge on any atom is 0.249 e. The number of thiazole rings is 1. The van der Waals surface area contributed by atoms with Crippen molar-refractivity contribution < 1.29 is 16.8 Å². The van der Waals surface area contributed by atoms with Crippen molar-refractivity contribution in [1.82, 2.24) is 4.98 Å². The molecule has 9 heteroatoms. The van der Waals surface area contributed by atoms with E-state index in [-0.39, 0.29) is 13.4 Å².